The Labute approximate surface area is 169 Å². The molecule has 6 heteroatoms. The van der Waals surface area contributed by atoms with Crippen LogP contribution in [0, 0.1) is 0 Å². The summed E-state index contributed by atoms with van der Waals surface area (Å²) in [6.07, 6.45) is 4.08. The lowest BCUT2D eigenvalue weighted by Crippen LogP contribution is -2.50. The Hall–Kier alpha value is -3.41. The van der Waals surface area contributed by atoms with Gasteiger partial charge in [-0.05, 0) is 29.8 Å². The van der Waals surface area contributed by atoms with Gasteiger partial charge in [0.2, 0.25) is 5.91 Å². The highest BCUT2D eigenvalue weighted by atomic mass is 16.2. The maximum Gasteiger partial charge on any atom is 0.271 e. The predicted octanol–water partition coefficient (Wildman–Crippen LogP) is 2.53. The zero-order valence-electron chi connectivity index (χ0n) is 16.0. The molecule has 0 N–H and O–H groups in total. The highest BCUT2D eigenvalue weighted by Gasteiger charge is 2.46. The number of amides is 2. The molecule has 1 saturated heterocycles. The van der Waals surface area contributed by atoms with Crippen molar-refractivity contribution >= 4 is 11.8 Å². The lowest BCUT2D eigenvalue weighted by atomic mass is 10.1. The van der Waals surface area contributed by atoms with Crippen LogP contribution in [0.15, 0.2) is 73.1 Å². The highest BCUT2D eigenvalue weighted by Crippen LogP contribution is 2.34. The zero-order valence-corrected chi connectivity index (χ0v) is 16.0. The van der Waals surface area contributed by atoms with Crippen LogP contribution < -0.4 is 0 Å². The van der Waals surface area contributed by atoms with E-state index in [9.17, 15) is 9.59 Å². The smallest absolute Gasteiger partial charge is 0.271 e. The van der Waals surface area contributed by atoms with E-state index in [1.54, 1.807) is 6.20 Å². The van der Waals surface area contributed by atoms with E-state index in [4.69, 9.17) is 0 Å². The van der Waals surface area contributed by atoms with Crippen LogP contribution in [0.5, 0.6) is 0 Å². The second-order valence-electron chi connectivity index (χ2n) is 7.65. The minimum Gasteiger partial charge on any atom is -0.338 e. The number of pyridine rings is 1. The number of likely N-dealkylation sites (tertiary alicyclic amines) is 1. The SMILES string of the molecule is O=C(Cc1ccccc1)N1C[C@@H]2[C@@H](C1)n1cccc1C(=O)N2Cc1ccccn1. The van der Waals surface area contributed by atoms with Crippen LogP contribution in [-0.2, 0) is 17.8 Å². The third kappa shape index (κ3) is 3.20. The van der Waals surface area contributed by atoms with Gasteiger partial charge in [-0.1, -0.05) is 36.4 Å². The van der Waals surface area contributed by atoms with Gasteiger partial charge in [0, 0.05) is 25.5 Å². The molecule has 2 atom stereocenters. The summed E-state index contributed by atoms with van der Waals surface area (Å²) in [5.41, 5.74) is 2.55. The third-order valence-electron chi connectivity index (χ3n) is 5.88. The summed E-state index contributed by atoms with van der Waals surface area (Å²) >= 11 is 0. The van der Waals surface area contributed by atoms with Crippen LogP contribution in [0.3, 0.4) is 0 Å². The topological polar surface area (TPSA) is 58.4 Å². The molecule has 0 aliphatic carbocycles. The molecule has 0 bridgehead atoms. The first-order chi connectivity index (χ1) is 14.2. The lowest BCUT2D eigenvalue weighted by molar-refractivity contribution is -0.129. The van der Waals surface area contributed by atoms with Gasteiger partial charge in [-0.15, -0.1) is 0 Å². The van der Waals surface area contributed by atoms with E-state index in [0.717, 1.165) is 11.3 Å². The Balaban J connectivity index is 1.41. The van der Waals surface area contributed by atoms with Gasteiger partial charge in [0.25, 0.3) is 5.91 Å². The van der Waals surface area contributed by atoms with Gasteiger partial charge < -0.3 is 14.4 Å². The highest BCUT2D eigenvalue weighted by molar-refractivity contribution is 5.94. The first-order valence-corrected chi connectivity index (χ1v) is 9.90. The van der Waals surface area contributed by atoms with E-state index in [-0.39, 0.29) is 23.9 Å². The molecule has 2 amide bonds. The number of carbonyl (C=O) groups is 2. The number of aromatic nitrogens is 2. The fourth-order valence-corrected chi connectivity index (χ4v) is 4.45. The normalized spacial score (nSPS) is 20.5. The summed E-state index contributed by atoms with van der Waals surface area (Å²) in [5.74, 6) is 0.101. The van der Waals surface area contributed by atoms with Crippen LogP contribution >= 0.6 is 0 Å². The van der Waals surface area contributed by atoms with Crippen LogP contribution in [0.4, 0.5) is 0 Å². The molecule has 2 aromatic heterocycles. The van der Waals surface area contributed by atoms with Crippen molar-refractivity contribution in [3.8, 4) is 0 Å². The number of fused-ring (bicyclic) bond motifs is 3. The average Bonchev–Trinajstić information content (AvgIpc) is 3.40. The molecule has 1 fully saturated rings. The number of hydrogen-bond acceptors (Lipinski definition) is 3. The van der Waals surface area contributed by atoms with Crippen LogP contribution in [0.25, 0.3) is 0 Å². The predicted molar refractivity (Wildman–Crippen MR) is 108 cm³/mol. The standard InChI is InChI=1S/C23H22N4O2/c28-22(13-17-7-2-1-3-8-17)25-15-20-21(16-25)27(14-18-9-4-5-11-24-18)23(29)19-10-6-12-26(19)20/h1-12,20-21H,13-16H2/t20-,21-/m1/s1. The van der Waals surface area contributed by atoms with Crippen molar-refractivity contribution < 1.29 is 9.59 Å². The maximum atomic E-state index is 13.2. The zero-order chi connectivity index (χ0) is 19.8. The van der Waals surface area contributed by atoms with Crippen molar-refractivity contribution in [2.24, 2.45) is 0 Å². The molecule has 3 aromatic rings. The molecule has 4 heterocycles. The first kappa shape index (κ1) is 17.7. The van der Waals surface area contributed by atoms with Crippen molar-refractivity contribution in [1.29, 1.82) is 0 Å². The monoisotopic (exact) mass is 386 g/mol. The fraction of sp³-hybridized carbons (Fsp3) is 0.261. The number of rotatable bonds is 4. The number of nitrogens with zero attached hydrogens (tertiary/aromatic N) is 4. The first-order valence-electron chi connectivity index (χ1n) is 9.90. The van der Waals surface area contributed by atoms with Crippen LogP contribution in [-0.4, -0.2) is 50.3 Å². The Morgan fingerprint density at radius 1 is 0.966 bits per heavy atom. The van der Waals surface area contributed by atoms with Gasteiger partial charge >= 0.3 is 0 Å². The van der Waals surface area contributed by atoms with Gasteiger partial charge in [0.1, 0.15) is 5.69 Å². The van der Waals surface area contributed by atoms with Gasteiger partial charge in [-0.25, -0.2) is 0 Å². The number of benzene rings is 1. The molecule has 0 saturated carbocycles. The summed E-state index contributed by atoms with van der Waals surface area (Å²) in [6, 6.07) is 19.3. The molecule has 29 heavy (non-hydrogen) atoms. The number of hydrogen-bond donors (Lipinski definition) is 0. The molecule has 0 radical (unpaired) electrons. The summed E-state index contributed by atoms with van der Waals surface area (Å²) in [6.45, 7) is 1.61. The Kier molecular flexibility index (Phi) is 4.39. The maximum absolute atomic E-state index is 13.2. The molecule has 6 nitrogen and oxygen atoms in total. The van der Waals surface area contributed by atoms with Gasteiger partial charge in [-0.3, -0.25) is 14.6 Å². The quantitative estimate of drug-likeness (QED) is 0.692. The largest absolute Gasteiger partial charge is 0.338 e. The minimum absolute atomic E-state index is 0.000684. The van der Waals surface area contributed by atoms with E-state index in [1.807, 2.05) is 81.2 Å². The van der Waals surface area contributed by atoms with Gasteiger partial charge in [-0.2, -0.15) is 0 Å². The molecule has 5 rings (SSSR count). The molecule has 146 valence electrons. The minimum atomic E-state index is -0.0517. The second-order valence-corrected chi connectivity index (χ2v) is 7.65. The van der Waals surface area contributed by atoms with Gasteiger partial charge in [0.15, 0.2) is 0 Å². The van der Waals surface area contributed by atoms with Crippen LogP contribution in [0.1, 0.15) is 27.8 Å². The van der Waals surface area contributed by atoms with Crippen molar-refractivity contribution in [3.05, 3.63) is 90.0 Å². The Morgan fingerprint density at radius 3 is 2.55 bits per heavy atom. The van der Waals surface area contributed by atoms with E-state index in [2.05, 4.69) is 4.98 Å². The van der Waals surface area contributed by atoms with Crippen molar-refractivity contribution in [1.82, 2.24) is 19.4 Å². The third-order valence-corrected chi connectivity index (χ3v) is 5.88. The molecular weight excluding hydrogens is 364 g/mol. The Bertz CT molecular complexity index is 1030. The van der Waals surface area contributed by atoms with E-state index >= 15 is 0 Å². The summed E-state index contributed by atoms with van der Waals surface area (Å²) in [5, 5.41) is 0. The van der Waals surface area contributed by atoms with E-state index < -0.39 is 0 Å². The van der Waals surface area contributed by atoms with E-state index in [1.165, 1.54) is 0 Å². The number of carbonyl (C=O) groups excluding carboxylic acids is 2. The van der Waals surface area contributed by atoms with Crippen molar-refractivity contribution in [3.63, 3.8) is 0 Å². The summed E-state index contributed by atoms with van der Waals surface area (Å²) in [7, 11) is 0. The van der Waals surface area contributed by atoms with Crippen molar-refractivity contribution in [2.75, 3.05) is 13.1 Å². The van der Waals surface area contributed by atoms with E-state index in [0.29, 0.717) is 31.7 Å². The fourth-order valence-electron chi connectivity index (χ4n) is 4.45. The molecule has 0 unspecified atom stereocenters. The van der Waals surface area contributed by atoms with Gasteiger partial charge in [0.05, 0.1) is 30.7 Å². The molecule has 0 spiro atoms. The van der Waals surface area contributed by atoms with Crippen molar-refractivity contribution in [2.45, 2.75) is 25.0 Å². The molecular formula is C23H22N4O2. The molecule has 2 aliphatic rings. The molecule has 2 aliphatic heterocycles. The average molecular weight is 386 g/mol. The Morgan fingerprint density at radius 2 is 1.76 bits per heavy atom. The second kappa shape index (κ2) is 7.20. The molecule has 1 aromatic carbocycles. The van der Waals surface area contributed by atoms with Crippen LogP contribution in [0.2, 0.25) is 0 Å². The summed E-state index contributed by atoms with van der Waals surface area (Å²) < 4.78 is 2.04. The lowest BCUT2D eigenvalue weighted by Gasteiger charge is -2.37. The summed E-state index contributed by atoms with van der Waals surface area (Å²) in [4.78, 5) is 34.3.